The van der Waals surface area contributed by atoms with Crippen molar-refractivity contribution in [2.45, 2.75) is 19.5 Å². The third-order valence-electron chi connectivity index (χ3n) is 0.762. The summed E-state index contributed by atoms with van der Waals surface area (Å²) in [5, 5.41) is 8.51. The standard InChI is InChI=1S/C5H9F2NO3/c1-3(9)5(10)8-11-2-4(6)7/h3-4,9H,2H2,1H3,(H,8,10). The summed E-state index contributed by atoms with van der Waals surface area (Å²) in [5.74, 6) is -0.842. The summed E-state index contributed by atoms with van der Waals surface area (Å²) in [4.78, 5) is 14.4. The molecule has 2 N–H and O–H groups in total. The summed E-state index contributed by atoms with van der Waals surface area (Å²) < 4.78 is 22.7. The third kappa shape index (κ3) is 5.68. The Balaban J connectivity index is 3.32. The molecule has 0 aromatic heterocycles. The van der Waals surface area contributed by atoms with Crippen molar-refractivity contribution in [1.82, 2.24) is 5.48 Å². The maximum absolute atomic E-state index is 11.3. The molecule has 0 saturated carbocycles. The molecule has 1 unspecified atom stereocenters. The molecule has 66 valence electrons. The summed E-state index contributed by atoms with van der Waals surface area (Å²) in [5.41, 5.74) is 1.64. The molecule has 6 heteroatoms. The molecule has 0 aliphatic carbocycles. The van der Waals surface area contributed by atoms with Crippen molar-refractivity contribution in [3.8, 4) is 0 Å². The van der Waals surface area contributed by atoms with Gasteiger partial charge >= 0.3 is 0 Å². The summed E-state index contributed by atoms with van der Waals surface area (Å²) in [6.45, 7) is 0.319. The number of aliphatic hydroxyl groups is 1. The Kier molecular flexibility index (Phi) is 4.64. The van der Waals surface area contributed by atoms with Crippen molar-refractivity contribution in [3.63, 3.8) is 0 Å². The van der Waals surface area contributed by atoms with Crippen molar-refractivity contribution < 1.29 is 23.5 Å². The maximum Gasteiger partial charge on any atom is 0.272 e. The highest BCUT2D eigenvalue weighted by atomic mass is 19.3. The Morgan fingerprint density at radius 1 is 1.73 bits per heavy atom. The molecule has 0 fully saturated rings. The zero-order valence-electron chi connectivity index (χ0n) is 5.88. The van der Waals surface area contributed by atoms with Crippen molar-refractivity contribution in [2.24, 2.45) is 0 Å². The first-order chi connectivity index (χ1) is 5.04. The Bertz CT molecular complexity index is 129. The second-order valence-electron chi connectivity index (χ2n) is 1.84. The van der Waals surface area contributed by atoms with Crippen LogP contribution >= 0.6 is 0 Å². The Labute approximate surface area is 62.1 Å². The van der Waals surface area contributed by atoms with Crippen LogP contribution in [0, 0.1) is 0 Å². The summed E-state index contributed by atoms with van der Waals surface area (Å²) in [7, 11) is 0. The number of hydroxylamine groups is 1. The van der Waals surface area contributed by atoms with Crippen LogP contribution in [0.2, 0.25) is 0 Å². The van der Waals surface area contributed by atoms with E-state index in [0.29, 0.717) is 0 Å². The van der Waals surface area contributed by atoms with E-state index >= 15 is 0 Å². The quantitative estimate of drug-likeness (QED) is 0.567. The number of amides is 1. The largest absolute Gasteiger partial charge is 0.383 e. The van der Waals surface area contributed by atoms with Crippen LogP contribution in [0.4, 0.5) is 8.78 Å². The first-order valence-electron chi connectivity index (χ1n) is 2.92. The highest BCUT2D eigenvalue weighted by Crippen LogP contribution is 1.90. The van der Waals surface area contributed by atoms with Gasteiger partial charge in [-0.3, -0.25) is 9.63 Å². The van der Waals surface area contributed by atoms with Gasteiger partial charge in [0, 0.05) is 0 Å². The fourth-order valence-corrected chi connectivity index (χ4v) is 0.261. The summed E-state index contributed by atoms with van der Waals surface area (Å²) in [6.07, 6.45) is -3.89. The van der Waals surface area contributed by atoms with Crippen LogP contribution in [-0.4, -0.2) is 30.2 Å². The minimum atomic E-state index is -2.63. The maximum atomic E-state index is 11.3. The third-order valence-corrected chi connectivity index (χ3v) is 0.762. The highest BCUT2D eigenvalue weighted by Gasteiger charge is 2.09. The molecule has 1 atom stereocenters. The van der Waals surface area contributed by atoms with Crippen LogP contribution in [0.25, 0.3) is 0 Å². The van der Waals surface area contributed by atoms with Crippen LogP contribution in [0.1, 0.15) is 6.92 Å². The SMILES string of the molecule is CC(O)C(=O)NOCC(F)F. The van der Waals surface area contributed by atoms with Gasteiger partial charge in [-0.05, 0) is 6.92 Å². The molecular formula is C5H9F2NO3. The van der Waals surface area contributed by atoms with E-state index < -0.39 is 25.0 Å². The van der Waals surface area contributed by atoms with E-state index in [2.05, 4.69) is 4.84 Å². The van der Waals surface area contributed by atoms with Crippen LogP contribution < -0.4 is 5.48 Å². The van der Waals surface area contributed by atoms with Crippen molar-refractivity contribution in [1.29, 1.82) is 0 Å². The first-order valence-corrected chi connectivity index (χ1v) is 2.92. The average molecular weight is 169 g/mol. The van der Waals surface area contributed by atoms with Gasteiger partial charge in [0.05, 0.1) is 0 Å². The number of rotatable bonds is 4. The number of carbonyl (C=O) groups is 1. The minimum Gasteiger partial charge on any atom is -0.383 e. The number of aliphatic hydroxyl groups excluding tert-OH is 1. The van der Waals surface area contributed by atoms with E-state index in [-0.39, 0.29) is 0 Å². The zero-order valence-corrected chi connectivity index (χ0v) is 5.88. The zero-order chi connectivity index (χ0) is 8.85. The highest BCUT2D eigenvalue weighted by molar-refractivity contribution is 5.78. The van der Waals surface area contributed by atoms with Crippen LogP contribution in [-0.2, 0) is 9.63 Å². The molecule has 0 radical (unpaired) electrons. The second-order valence-corrected chi connectivity index (χ2v) is 1.84. The van der Waals surface area contributed by atoms with E-state index in [1.54, 1.807) is 5.48 Å². The van der Waals surface area contributed by atoms with Crippen molar-refractivity contribution >= 4 is 5.91 Å². The lowest BCUT2D eigenvalue weighted by atomic mass is 10.4. The van der Waals surface area contributed by atoms with Gasteiger partial charge < -0.3 is 5.11 Å². The number of alkyl halides is 2. The van der Waals surface area contributed by atoms with E-state index in [1.807, 2.05) is 0 Å². The average Bonchev–Trinajstić information content (AvgIpc) is 1.86. The Morgan fingerprint density at radius 2 is 2.27 bits per heavy atom. The lowest BCUT2D eigenvalue weighted by Crippen LogP contribution is -2.33. The van der Waals surface area contributed by atoms with E-state index in [4.69, 9.17) is 5.11 Å². The van der Waals surface area contributed by atoms with Gasteiger partial charge in [0.25, 0.3) is 12.3 Å². The molecule has 0 bridgehead atoms. The topological polar surface area (TPSA) is 58.6 Å². The van der Waals surface area contributed by atoms with E-state index in [1.165, 1.54) is 6.92 Å². The summed E-state index contributed by atoms with van der Waals surface area (Å²) in [6, 6.07) is 0. The molecule has 0 aliphatic rings. The van der Waals surface area contributed by atoms with Gasteiger partial charge in [-0.1, -0.05) is 0 Å². The Morgan fingerprint density at radius 3 is 2.64 bits per heavy atom. The first kappa shape index (κ1) is 10.2. The van der Waals surface area contributed by atoms with Crippen molar-refractivity contribution in [2.75, 3.05) is 6.61 Å². The molecular weight excluding hydrogens is 160 g/mol. The molecule has 0 aliphatic heterocycles. The molecule has 11 heavy (non-hydrogen) atoms. The molecule has 4 nitrogen and oxygen atoms in total. The molecule has 0 saturated heterocycles. The molecule has 0 rings (SSSR count). The van der Waals surface area contributed by atoms with E-state index in [0.717, 1.165) is 0 Å². The van der Waals surface area contributed by atoms with Crippen LogP contribution in [0.5, 0.6) is 0 Å². The van der Waals surface area contributed by atoms with Crippen molar-refractivity contribution in [3.05, 3.63) is 0 Å². The van der Waals surface area contributed by atoms with Gasteiger partial charge in [-0.15, -0.1) is 0 Å². The number of nitrogens with one attached hydrogen (secondary N) is 1. The predicted octanol–water partition coefficient (Wildman–Crippen LogP) is -0.320. The monoisotopic (exact) mass is 169 g/mol. The van der Waals surface area contributed by atoms with Crippen LogP contribution in [0.15, 0.2) is 0 Å². The number of halogens is 2. The van der Waals surface area contributed by atoms with Gasteiger partial charge in [0.2, 0.25) is 0 Å². The normalized spacial score (nSPS) is 13.2. The predicted molar refractivity (Wildman–Crippen MR) is 31.8 cm³/mol. The molecule has 0 aromatic rings. The molecule has 0 aromatic carbocycles. The Hall–Kier alpha value is -0.750. The number of carbonyl (C=O) groups excluding carboxylic acids is 1. The van der Waals surface area contributed by atoms with E-state index in [9.17, 15) is 13.6 Å². The summed E-state index contributed by atoms with van der Waals surface area (Å²) >= 11 is 0. The van der Waals surface area contributed by atoms with Gasteiger partial charge in [-0.25, -0.2) is 14.3 Å². The lowest BCUT2D eigenvalue weighted by molar-refractivity contribution is -0.144. The molecule has 1 amide bonds. The smallest absolute Gasteiger partial charge is 0.272 e. The van der Waals surface area contributed by atoms with Gasteiger partial charge in [0.1, 0.15) is 12.7 Å². The fourth-order valence-electron chi connectivity index (χ4n) is 0.261. The lowest BCUT2D eigenvalue weighted by Gasteiger charge is -2.05. The van der Waals surface area contributed by atoms with Gasteiger partial charge in [0.15, 0.2) is 0 Å². The van der Waals surface area contributed by atoms with Crippen LogP contribution in [0.3, 0.4) is 0 Å². The number of hydrogen-bond acceptors (Lipinski definition) is 3. The number of hydrogen-bond donors (Lipinski definition) is 2. The minimum absolute atomic E-state index is 0.842. The molecule has 0 spiro atoms. The molecule has 0 heterocycles. The second kappa shape index (κ2) is 4.97. The van der Waals surface area contributed by atoms with Gasteiger partial charge in [-0.2, -0.15) is 0 Å². The fraction of sp³-hybridized carbons (Fsp3) is 0.800.